The molecule has 2 atom stereocenters. The molecule has 0 saturated carbocycles. The van der Waals surface area contributed by atoms with Gasteiger partial charge in [0.2, 0.25) is 5.91 Å². The number of carbonyl (C=O) groups is 4. The number of nitrogens with zero attached hydrogens (tertiary/aromatic N) is 1. The van der Waals surface area contributed by atoms with E-state index in [9.17, 15) is 19.2 Å². The molecule has 2 N–H and O–H groups in total. The van der Waals surface area contributed by atoms with Crippen LogP contribution in [-0.2, 0) is 14.4 Å². The molecule has 7 nitrogen and oxygen atoms in total. The molecule has 25 heavy (non-hydrogen) atoms. The van der Waals surface area contributed by atoms with Crippen molar-refractivity contribution in [1.29, 1.82) is 0 Å². The highest BCUT2D eigenvalue weighted by atomic mass is 16.4. The van der Waals surface area contributed by atoms with Gasteiger partial charge < -0.3 is 15.3 Å². The SMILES string of the molecule is CC(NC(=O)c1ccccc1)C(=O)CCC(=O)N1CCC[C@H]1C(=O)O. The number of benzene rings is 1. The topological polar surface area (TPSA) is 104 Å². The molecule has 2 amide bonds. The van der Waals surface area contributed by atoms with Gasteiger partial charge in [-0.2, -0.15) is 0 Å². The average molecular weight is 346 g/mol. The largest absolute Gasteiger partial charge is 0.480 e. The molecule has 0 spiro atoms. The zero-order valence-corrected chi connectivity index (χ0v) is 14.1. The van der Waals surface area contributed by atoms with Gasteiger partial charge >= 0.3 is 5.97 Å². The summed E-state index contributed by atoms with van der Waals surface area (Å²) in [6.07, 6.45) is 1.02. The van der Waals surface area contributed by atoms with Crippen LogP contribution in [0, 0.1) is 0 Å². The van der Waals surface area contributed by atoms with Gasteiger partial charge in [0.1, 0.15) is 6.04 Å². The molecule has 1 heterocycles. The molecule has 1 fully saturated rings. The van der Waals surface area contributed by atoms with Crippen LogP contribution in [0.15, 0.2) is 30.3 Å². The number of hydrogen-bond donors (Lipinski definition) is 2. The van der Waals surface area contributed by atoms with E-state index in [2.05, 4.69) is 5.32 Å². The van der Waals surface area contributed by atoms with E-state index in [1.54, 1.807) is 37.3 Å². The van der Waals surface area contributed by atoms with Gasteiger partial charge in [0.05, 0.1) is 6.04 Å². The first-order valence-corrected chi connectivity index (χ1v) is 8.31. The monoisotopic (exact) mass is 346 g/mol. The highest BCUT2D eigenvalue weighted by Crippen LogP contribution is 2.19. The van der Waals surface area contributed by atoms with Crippen molar-refractivity contribution < 1.29 is 24.3 Å². The van der Waals surface area contributed by atoms with E-state index >= 15 is 0 Å². The number of likely N-dealkylation sites (tertiary alicyclic amines) is 1. The summed E-state index contributed by atoms with van der Waals surface area (Å²) in [5.41, 5.74) is 0.458. The summed E-state index contributed by atoms with van der Waals surface area (Å²) in [4.78, 5) is 48.8. The van der Waals surface area contributed by atoms with Gasteiger partial charge in [-0.1, -0.05) is 18.2 Å². The standard InChI is InChI=1S/C18H22N2O5/c1-12(19-17(23)13-6-3-2-4-7-13)15(21)9-10-16(22)20-11-5-8-14(20)18(24)25/h2-4,6-7,12,14H,5,8-11H2,1H3,(H,19,23)(H,24,25)/t12?,14-/m0/s1. The van der Waals surface area contributed by atoms with Crippen LogP contribution >= 0.6 is 0 Å². The number of rotatable bonds is 7. The second-order valence-electron chi connectivity index (χ2n) is 6.11. The first kappa shape index (κ1) is 18.6. The van der Waals surface area contributed by atoms with Crippen LogP contribution in [0.2, 0.25) is 0 Å². The van der Waals surface area contributed by atoms with Crippen LogP contribution in [0.25, 0.3) is 0 Å². The van der Waals surface area contributed by atoms with Crippen molar-refractivity contribution in [2.45, 2.75) is 44.7 Å². The fourth-order valence-electron chi connectivity index (χ4n) is 2.86. The molecular weight excluding hydrogens is 324 g/mol. The minimum absolute atomic E-state index is 0.0299. The van der Waals surface area contributed by atoms with Gasteiger partial charge in [0.25, 0.3) is 5.91 Å². The Morgan fingerprint density at radius 1 is 1.20 bits per heavy atom. The fourth-order valence-corrected chi connectivity index (χ4v) is 2.86. The van der Waals surface area contributed by atoms with Gasteiger partial charge in [-0.05, 0) is 31.9 Å². The van der Waals surface area contributed by atoms with E-state index in [0.717, 1.165) is 0 Å². The molecule has 7 heteroatoms. The zero-order chi connectivity index (χ0) is 18.4. The third kappa shape index (κ3) is 4.89. The number of carboxylic acids is 1. The highest BCUT2D eigenvalue weighted by Gasteiger charge is 2.33. The molecule has 1 aromatic carbocycles. The smallest absolute Gasteiger partial charge is 0.326 e. The van der Waals surface area contributed by atoms with Crippen molar-refractivity contribution in [3.63, 3.8) is 0 Å². The Kier molecular flexibility index (Phi) is 6.27. The maximum Gasteiger partial charge on any atom is 0.326 e. The maximum absolute atomic E-state index is 12.2. The Labute approximate surface area is 146 Å². The Balaban J connectivity index is 1.82. The molecule has 1 unspecified atom stereocenters. The van der Waals surface area contributed by atoms with Crippen molar-refractivity contribution in [2.24, 2.45) is 0 Å². The molecule has 0 aromatic heterocycles. The minimum Gasteiger partial charge on any atom is -0.480 e. The lowest BCUT2D eigenvalue weighted by atomic mass is 10.1. The molecule has 0 radical (unpaired) electrons. The van der Waals surface area contributed by atoms with Gasteiger partial charge in [0, 0.05) is 24.9 Å². The Hall–Kier alpha value is -2.70. The molecule has 1 aromatic rings. The van der Waals surface area contributed by atoms with Crippen LogP contribution in [0.3, 0.4) is 0 Å². The van der Waals surface area contributed by atoms with E-state index < -0.39 is 18.1 Å². The number of carboxylic acid groups (broad SMARTS) is 1. The van der Waals surface area contributed by atoms with Gasteiger partial charge in [0.15, 0.2) is 5.78 Å². The van der Waals surface area contributed by atoms with Crippen LogP contribution in [0.1, 0.15) is 43.0 Å². The van der Waals surface area contributed by atoms with Gasteiger partial charge in [-0.15, -0.1) is 0 Å². The van der Waals surface area contributed by atoms with Crippen LogP contribution in [0.4, 0.5) is 0 Å². The van der Waals surface area contributed by atoms with E-state index in [1.165, 1.54) is 4.90 Å². The molecule has 0 bridgehead atoms. The highest BCUT2D eigenvalue weighted by molar-refractivity contribution is 5.98. The fraction of sp³-hybridized carbons (Fsp3) is 0.444. The lowest BCUT2D eigenvalue weighted by Gasteiger charge is -2.21. The van der Waals surface area contributed by atoms with Crippen molar-refractivity contribution >= 4 is 23.6 Å². The van der Waals surface area contributed by atoms with Crippen LogP contribution in [-0.4, -0.2) is 52.2 Å². The maximum atomic E-state index is 12.2. The van der Waals surface area contributed by atoms with Crippen molar-refractivity contribution in [3.8, 4) is 0 Å². The molecule has 134 valence electrons. The van der Waals surface area contributed by atoms with Gasteiger partial charge in [-0.25, -0.2) is 4.79 Å². The number of amides is 2. The first-order valence-electron chi connectivity index (χ1n) is 8.31. The molecule has 0 aliphatic carbocycles. The Morgan fingerprint density at radius 2 is 1.88 bits per heavy atom. The summed E-state index contributed by atoms with van der Waals surface area (Å²) in [6, 6.07) is 7.04. The van der Waals surface area contributed by atoms with Crippen molar-refractivity contribution in [1.82, 2.24) is 10.2 Å². The van der Waals surface area contributed by atoms with Crippen molar-refractivity contribution in [3.05, 3.63) is 35.9 Å². The van der Waals surface area contributed by atoms with E-state index in [4.69, 9.17) is 5.11 Å². The predicted molar refractivity (Wildman–Crippen MR) is 90.0 cm³/mol. The second-order valence-corrected chi connectivity index (χ2v) is 6.11. The van der Waals surface area contributed by atoms with Crippen LogP contribution < -0.4 is 5.32 Å². The van der Waals surface area contributed by atoms with E-state index in [1.807, 2.05) is 0 Å². The van der Waals surface area contributed by atoms with E-state index in [0.29, 0.717) is 24.9 Å². The Bertz CT molecular complexity index is 659. The van der Waals surface area contributed by atoms with E-state index in [-0.39, 0.29) is 30.4 Å². The molecule has 1 aliphatic rings. The predicted octanol–water partition coefficient (Wildman–Crippen LogP) is 1.23. The summed E-state index contributed by atoms with van der Waals surface area (Å²) < 4.78 is 0. The lowest BCUT2D eigenvalue weighted by molar-refractivity contribution is -0.148. The lowest BCUT2D eigenvalue weighted by Crippen LogP contribution is -2.42. The van der Waals surface area contributed by atoms with Crippen molar-refractivity contribution in [2.75, 3.05) is 6.54 Å². The third-order valence-corrected chi connectivity index (χ3v) is 4.31. The summed E-state index contributed by atoms with van der Waals surface area (Å²) in [7, 11) is 0. The minimum atomic E-state index is -1.01. The second kappa shape index (κ2) is 8.41. The zero-order valence-electron chi connectivity index (χ0n) is 14.1. The first-order chi connectivity index (χ1) is 11.9. The average Bonchev–Trinajstić information content (AvgIpc) is 3.10. The summed E-state index contributed by atoms with van der Waals surface area (Å²) >= 11 is 0. The number of nitrogens with one attached hydrogen (secondary N) is 1. The molecule has 2 rings (SSSR count). The summed E-state index contributed by atoms with van der Waals surface area (Å²) in [5.74, 6) is -1.96. The number of hydrogen-bond acceptors (Lipinski definition) is 4. The third-order valence-electron chi connectivity index (χ3n) is 4.31. The number of carbonyl (C=O) groups excluding carboxylic acids is 3. The van der Waals surface area contributed by atoms with Crippen LogP contribution in [0.5, 0.6) is 0 Å². The normalized spacial score (nSPS) is 17.8. The summed E-state index contributed by atoms with van der Waals surface area (Å²) in [5, 5.41) is 11.7. The number of ketones is 1. The van der Waals surface area contributed by atoms with Gasteiger partial charge in [-0.3, -0.25) is 14.4 Å². The number of aliphatic carboxylic acids is 1. The molecule has 1 saturated heterocycles. The quantitative estimate of drug-likeness (QED) is 0.773. The Morgan fingerprint density at radius 3 is 2.52 bits per heavy atom. The number of Topliss-reactive ketones (excluding diaryl/α,β-unsaturated/α-hetero) is 1. The summed E-state index contributed by atoms with van der Waals surface area (Å²) in [6.45, 7) is 1.98. The molecular formula is C18H22N2O5. The molecule has 1 aliphatic heterocycles.